The van der Waals surface area contributed by atoms with Gasteiger partial charge in [0.05, 0.1) is 11.1 Å². The molecule has 9 nitrogen and oxygen atoms in total. The number of rotatable bonds is 5. The van der Waals surface area contributed by atoms with E-state index in [2.05, 4.69) is 27.1 Å². The number of carbonyl (C=O) groups is 2. The highest BCUT2D eigenvalue weighted by atomic mass is 16.6. The molecule has 30 heavy (non-hydrogen) atoms. The second kappa shape index (κ2) is 8.83. The number of benzene rings is 1. The number of ether oxygens (including phenoxy) is 1. The lowest BCUT2D eigenvalue weighted by molar-refractivity contribution is 0.0143. The van der Waals surface area contributed by atoms with Crippen molar-refractivity contribution in [1.29, 1.82) is 0 Å². The topological polar surface area (TPSA) is 108 Å². The van der Waals surface area contributed by atoms with E-state index < -0.39 is 11.6 Å². The molecule has 0 radical (unpaired) electrons. The molecule has 0 saturated carbocycles. The normalized spacial score (nSPS) is 16.3. The van der Waals surface area contributed by atoms with Crippen molar-refractivity contribution in [3.05, 3.63) is 30.1 Å². The summed E-state index contributed by atoms with van der Waals surface area (Å²) in [6, 6.07) is 5.12. The molecule has 162 valence electrons. The fourth-order valence-corrected chi connectivity index (χ4v) is 3.48. The van der Waals surface area contributed by atoms with E-state index in [0.717, 1.165) is 19.6 Å². The van der Waals surface area contributed by atoms with Crippen LogP contribution in [0.1, 0.15) is 38.1 Å². The summed E-state index contributed by atoms with van der Waals surface area (Å²) in [5.74, 6) is -0.399. The smallest absolute Gasteiger partial charge is 0.410 e. The highest BCUT2D eigenvalue weighted by Crippen LogP contribution is 2.23. The Kier molecular flexibility index (Phi) is 6.40. The van der Waals surface area contributed by atoms with Crippen molar-refractivity contribution in [3.8, 4) is 0 Å². The van der Waals surface area contributed by atoms with E-state index in [4.69, 9.17) is 4.74 Å². The van der Waals surface area contributed by atoms with Gasteiger partial charge >= 0.3 is 12.1 Å². The Morgan fingerprint density at radius 3 is 2.53 bits per heavy atom. The Labute approximate surface area is 176 Å². The second-order valence-electron chi connectivity index (χ2n) is 8.54. The van der Waals surface area contributed by atoms with Gasteiger partial charge in [0.25, 0.3) is 0 Å². The maximum atomic E-state index is 12.2. The lowest BCUT2D eigenvalue weighted by Crippen LogP contribution is -2.51. The van der Waals surface area contributed by atoms with Crippen LogP contribution < -0.4 is 5.32 Å². The number of carbonyl (C=O) groups excluding carboxylic acids is 1. The monoisotopic (exact) mass is 415 g/mol. The molecular weight excluding hydrogens is 386 g/mol. The third kappa shape index (κ3) is 5.35. The summed E-state index contributed by atoms with van der Waals surface area (Å²) in [6.07, 6.45) is 1.11. The lowest BCUT2D eigenvalue weighted by atomic mass is 10.1. The minimum atomic E-state index is -1.01. The molecule has 1 aromatic heterocycles. The van der Waals surface area contributed by atoms with Gasteiger partial charge in [-0.05, 0) is 39.8 Å². The summed E-state index contributed by atoms with van der Waals surface area (Å²) in [4.78, 5) is 36.1. The molecule has 1 atom stereocenters. The first kappa shape index (κ1) is 21.8. The number of aromatic nitrogens is 2. The summed E-state index contributed by atoms with van der Waals surface area (Å²) in [6.45, 7) is 11.2. The summed E-state index contributed by atoms with van der Waals surface area (Å²) in [7, 11) is 0. The van der Waals surface area contributed by atoms with Gasteiger partial charge in [0.15, 0.2) is 0 Å². The number of nitrogens with one attached hydrogen (secondary N) is 1. The first-order valence-corrected chi connectivity index (χ1v) is 10.1. The highest BCUT2D eigenvalue weighted by Gasteiger charge is 2.26. The maximum absolute atomic E-state index is 12.2. The van der Waals surface area contributed by atoms with Gasteiger partial charge in [-0.15, -0.1) is 0 Å². The molecule has 9 heteroatoms. The zero-order valence-corrected chi connectivity index (χ0v) is 17.9. The number of carboxylic acid groups (broad SMARTS) is 1. The van der Waals surface area contributed by atoms with E-state index in [1.54, 1.807) is 11.0 Å². The van der Waals surface area contributed by atoms with E-state index in [1.807, 2.05) is 26.8 Å². The molecule has 1 amide bonds. The molecule has 1 aliphatic heterocycles. The molecule has 0 unspecified atom stereocenters. The second-order valence-corrected chi connectivity index (χ2v) is 8.54. The Morgan fingerprint density at radius 2 is 1.90 bits per heavy atom. The van der Waals surface area contributed by atoms with Crippen molar-refractivity contribution in [2.24, 2.45) is 0 Å². The number of para-hydroxylation sites is 1. The third-order valence-electron chi connectivity index (χ3n) is 4.83. The van der Waals surface area contributed by atoms with E-state index in [1.165, 1.54) is 12.4 Å². The molecule has 2 aromatic rings. The number of nitrogens with zero attached hydrogens (tertiary/aromatic N) is 4. The summed E-state index contributed by atoms with van der Waals surface area (Å²) >= 11 is 0. The minimum absolute atomic E-state index is 0.0738. The van der Waals surface area contributed by atoms with Crippen molar-refractivity contribution in [2.75, 3.05) is 38.0 Å². The minimum Gasteiger partial charge on any atom is -0.478 e. The number of amides is 1. The Balaban J connectivity index is 1.58. The number of carboxylic acids is 1. The van der Waals surface area contributed by atoms with Crippen LogP contribution >= 0.6 is 0 Å². The number of anilines is 1. The summed E-state index contributed by atoms with van der Waals surface area (Å²) in [5, 5.41) is 13.4. The molecule has 1 fully saturated rings. The Bertz CT molecular complexity index is 919. The van der Waals surface area contributed by atoms with Crippen molar-refractivity contribution in [3.63, 3.8) is 0 Å². The van der Waals surface area contributed by atoms with Gasteiger partial charge in [-0.2, -0.15) is 0 Å². The average molecular weight is 415 g/mol. The summed E-state index contributed by atoms with van der Waals surface area (Å²) < 4.78 is 5.44. The van der Waals surface area contributed by atoms with Crippen LogP contribution in [0.15, 0.2) is 24.5 Å². The third-order valence-corrected chi connectivity index (χ3v) is 4.83. The fraction of sp³-hybridized carbons (Fsp3) is 0.524. The molecule has 1 saturated heterocycles. The van der Waals surface area contributed by atoms with Gasteiger partial charge < -0.3 is 20.1 Å². The number of piperazine rings is 1. The van der Waals surface area contributed by atoms with Gasteiger partial charge in [-0.25, -0.2) is 19.6 Å². The zero-order valence-electron chi connectivity index (χ0n) is 17.9. The van der Waals surface area contributed by atoms with Crippen LogP contribution in [0.25, 0.3) is 10.9 Å². The number of aromatic carboxylic acids is 1. The van der Waals surface area contributed by atoms with Gasteiger partial charge in [0.2, 0.25) is 0 Å². The first-order valence-electron chi connectivity index (χ1n) is 10.1. The number of hydrogen-bond acceptors (Lipinski definition) is 7. The van der Waals surface area contributed by atoms with Gasteiger partial charge in [0.1, 0.15) is 17.7 Å². The first-order chi connectivity index (χ1) is 14.1. The molecule has 2 heterocycles. The molecule has 0 aliphatic carbocycles. The van der Waals surface area contributed by atoms with Gasteiger partial charge in [-0.3, -0.25) is 4.90 Å². The fourth-order valence-electron chi connectivity index (χ4n) is 3.48. The van der Waals surface area contributed by atoms with Crippen LogP contribution in [0.3, 0.4) is 0 Å². The molecule has 3 rings (SSSR count). The van der Waals surface area contributed by atoms with Crippen LogP contribution in [-0.4, -0.2) is 81.3 Å². The van der Waals surface area contributed by atoms with Crippen molar-refractivity contribution in [2.45, 2.75) is 39.3 Å². The van der Waals surface area contributed by atoms with E-state index >= 15 is 0 Å². The van der Waals surface area contributed by atoms with E-state index in [0.29, 0.717) is 29.8 Å². The largest absolute Gasteiger partial charge is 0.478 e. The van der Waals surface area contributed by atoms with Crippen LogP contribution in [0.5, 0.6) is 0 Å². The predicted octanol–water partition coefficient (Wildman–Crippen LogP) is 2.68. The van der Waals surface area contributed by atoms with Gasteiger partial charge in [0, 0.05) is 44.2 Å². The number of hydrogen-bond donors (Lipinski definition) is 2. The van der Waals surface area contributed by atoms with Gasteiger partial charge in [-0.1, -0.05) is 6.07 Å². The Hall–Kier alpha value is -2.94. The SMILES string of the molecule is C[C@@H](CN1CCN(C(=O)OC(C)(C)C)CC1)Nc1ncnc2c(C(=O)O)cccc12. The highest BCUT2D eigenvalue weighted by molar-refractivity contribution is 6.04. The molecule has 2 N–H and O–H groups in total. The van der Waals surface area contributed by atoms with Crippen LogP contribution in [0.4, 0.5) is 10.6 Å². The molecular formula is C21H29N5O4. The number of fused-ring (bicyclic) bond motifs is 1. The maximum Gasteiger partial charge on any atom is 0.410 e. The predicted molar refractivity (Wildman–Crippen MR) is 114 cm³/mol. The lowest BCUT2D eigenvalue weighted by Gasteiger charge is -2.36. The van der Waals surface area contributed by atoms with E-state index in [9.17, 15) is 14.7 Å². The molecule has 0 spiro atoms. The molecule has 1 aromatic carbocycles. The zero-order chi connectivity index (χ0) is 21.9. The van der Waals surface area contributed by atoms with Crippen LogP contribution in [0.2, 0.25) is 0 Å². The van der Waals surface area contributed by atoms with Crippen molar-refractivity contribution >= 4 is 28.8 Å². The van der Waals surface area contributed by atoms with Crippen LogP contribution in [0, 0.1) is 0 Å². The summed E-state index contributed by atoms with van der Waals surface area (Å²) in [5.41, 5.74) is 0.0811. The van der Waals surface area contributed by atoms with Crippen LogP contribution in [-0.2, 0) is 4.74 Å². The average Bonchev–Trinajstić information content (AvgIpc) is 2.67. The Morgan fingerprint density at radius 1 is 1.20 bits per heavy atom. The standard InChI is InChI=1S/C21H29N5O4/c1-14(12-25-8-10-26(11-9-25)20(29)30-21(2,3)4)24-18-15-6-5-7-16(19(27)28)17(15)22-13-23-18/h5-7,13-14H,8-12H2,1-4H3,(H,27,28)(H,22,23,24)/t14-/m0/s1. The van der Waals surface area contributed by atoms with E-state index in [-0.39, 0.29) is 17.7 Å². The van der Waals surface area contributed by atoms with Crippen molar-refractivity contribution < 1.29 is 19.4 Å². The molecule has 0 bridgehead atoms. The van der Waals surface area contributed by atoms with Crippen molar-refractivity contribution in [1.82, 2.24) is 19.8 Å². The quantitative estimate of drug-likeness (QED) is 0.767. The molecule has 1 aliphatic rings.